The first-order valence-corrected chi connectivity index (χ1v) is 12.2. The van der Waals surface area contributed by atoms with Crippen LogP contribution in [-0.2, 0) is 30.4 Å². The molecule has 35 heavy (non-hydrogen) atoms. The Hall–Kier alpha value is -2.86. The highest BCUT2D eigenvalue weighted by atomic mass is 19.4. The van der Waals surface area contributed by atoms with Crippen molar-refractivity contribution in [3.05, 3.63) is 88.7 Å². The summed E-state index contributed by atoms with van der Waals surface area (Å²) in [5.74, 6) is -0.795. The maximum Gasteiger partial charge on any atom is 0.525 e. The van der Waals surface area contributed by atoms with Crippen LogP contribution in [0.25, 0.3) is 11.1 Å². The summed E-state index contributed by atoms with van der Waals surface area (Å²) in [6, 6.07) is 20.3. The van der Waals surface area contributed by atoms with Crippen LogP contribution >= 0.6 is 0 Å². The second-order valence-electron chi connectivity index (χ2n) is 9.07. The van der Waals surface area contributed by atoms with Gasteiger partial charge in [0, 0.05) is 6.42 Å². The fourth-order valence-corrected chi connectivity index (χ4v) is 4.47. The smallest absolute Gasteiger partial charge is 0.461 e. The van der Waals surface area contributed by atoms with Gasteiger partial charge in [-0.25, -0.2) is 4.39 Å². The molecule has 1 aliphatic heterocycles. The molecular weight excluding hydrogens is 456 g/mol. The molecule has 4 rings (SSSR count). The highest BCUT2D eigenvalue weighted by molar-refractivity contribution is 5.64. The quantitative estimate of drug-likeness (QED) is 0.224. The molecule has 0 radical (unpaired) electrons. The zero-order valence-corrected chi connectivity index (χ0v) is 19.8. The van der Waals surface area contributed by atoms with Gasteiger partial charge in [-0.05, 0) is 71.6 Å². The standard InChI is InChI=1S/C29H30F4O2/c1-2-3-4-5-20-8-12-23(13-9-20)24-14-10-21(11-15-24)6-7-22-18-25-16-17-27(35-29(31,32)33)34-28(25)26(30)19-22/h8-15,18-19,27H,2-7,16-17H2,1H3. The first-order chi connectivity index (χ1) is 16.8. The molecule has 0 amide bonds. The lowest BCUT2D eigenvalue weighted by molar-refractivity contribution is -0.369. The molecule has 6 heteroatoms. The third-order valence-electron chi connectivity index (χ3n) is 6.36. The molecule has 0 saturated heterocycles. The molecule has 0 N–H and O–H groups in total. The number of fused-ring (bicyclic) bond motifs is 1. The van der Waals surface area contributed by atoms with Crippen molar-refractivity contribution in [2.75, 3.05) is 0 Å². The van der Waals surface area contributed by atoms with Crippen molar-refractivity contribution in [1.29, 1.82) is 0 Å². The summed E-state index contributed by atoms with van der Waals surface area (Å²) >= 11 is 0. The maximum atomic E-state index is 14.6. The number of hydrogen-bond donors (Lipinski definition) is 0. The van der Waals surface area contributed by atoms with Gasteiger partial charge in [0.25, 0.3) is 0 Å². The average Bonchev–Trinajstić information content (AvgIpc) is 2.83. The van der Waals surface area contributed by atoms with Crippen LogP contribution in [0.2, 0.25) is 0 Å². The monoisotopic (exact) mass is 486 g/mol. The van der Waals surface area contributed by atoms with Crippen molar-refractivity contribution in [1.82, 2.24) is 0 Å². The minimum absolute atomic E-state index is 0.0244. The molecule has 1 aliphatic rings. The molecule has 0 saturated carbocycles. The van der Waals surface area contributed by atoms with Gasteiger partial charge in [0.15, 0.2) is 11.6 Å². The van der Waals surface area contributed by atoms with E-state index in [0.29, 0.717) is 12.0 Å². The van der Waals surface area contributed by atoms with Crippen LogP contribution in [0.5, 0.6) is 5.75 Å². The van der Waals surface area contributed by atoms with Crippen molar-refractivity contribution < 1.29 is 27.0 Å². The normalized spacial score (nSPS) is 15.5. The Morgan fingerprint density at radius 2 is 1.43 bits per heavy atom. The highest BCUT2D eigenvalue weighted by Gasteiger charge is 2.36. The van der Waals surface area contributed by atoms with E-state index in [2.05, 4.69) is 60.2 Å². The van der Waals surface area contributed by atoms with E-state index in [0.717, 1.165) is 29.5 Å². The molecular formula is C29H30F4O2. The summed E-state index contributed by atoms with van der Waals surface area (Å²) in [6.07, 6.45) is 0.138. The SMILES string of the molecule is CCCCCc1ccc(-c2ccc(CCc3cc(F)c4c(c3)CCC(OC(F)(F)F)O4)cc2)cc1. The topological polar surface area (TPSA) is 18.5 Å². The molecule has 0 aromatic heterocycles. The molecule has 3 aromatic rings. The van der Waals surface area contributed by atoms with E-state index in [9.17, 15) is 17.6 Å². The number of halogens is 4. The van der Waals surface area contributed by atoms with Crippen LogP contribution in [0.4, 0.5) is 17.6 Å². The zero-order valence-electron chi connectivity index (χ0n) is 19.8. The molecule has 1 unspecified atom stereocenters. The number of ether oxygens (including phenoxy) is 2. The molecule has 0 aliphatic carbocycles. The Kier molecular flexibility index (Phi) is 8.11. The number of aryl methyl sites for hydroxylation is 4. The lowest BCUT2D eigenvalue weighted by Crippen LogP contribution is -2.32. The third kappa shape index (κ3) is 7.07. The minimum Gasteiger partial charge on any atom is -0.461 e. The number of unbranched alkanes of at least 4 members (excludes halogenated alkanes) is 2. The van der Waals surface area contributed by atoms with Crippen LogP contribution in [0.15, 0.2) is 60.7 Å². The molecule has 0 spiro atoms. The van der Waals surface area contributed by atoms with E-state index in [-0.39, 0.29) is 18.6 Å². The van der Waals surface area contributed by atoms with E-state index >= 15 is 0 Å². The summed E-state index contributed by atoms with van der Waals surface area (Å²) in [6.45, 7) is 2.21. The van der Waals surface area contributed by atoms with Crippen molar-refractivity contribution >= 4 is 0 Å². The molecule has 2 nitrogen and oxygen atoms in total. The van der Waals surface area contributed by atoms with Gasteiger partial charge in [-0.15, -0.1) is 13.2 Å². The Labute approximate surface area is 203 Å². The summed E-state index contributed by atoms with van der Waals surface area (Å²) in [5, 5.41) is 0. The van der Waals surface area contributed by atoms with E-state index in [1.165, 1.54) is 36.5 Å². The number of benzene rings is 3. The molecule has 0 bridgehead atoms. The molecule has 1 heterocycles. The van der Waals surface area contributed by atoms with Crippen molar-refractivity contribution in [3.63, 3.8) is 0 Å². The van der Waals surface area contributed by atoms with E-state index < -0.39 is 18.5 Å². The van der Waals surface area contributed by atoms with Crippen LogP contribution in [-0.4, -0.2) is 12.7 Å². The van der Waals surface area contributed by atoms with Crippen LogP contribution in [0.1, 0.15) is 54.9 Å². The first-order valence-electron chi connectivity index (χ1n) is 12.2. The first kappa shape index (κ1) is 25.2. The van der Waals surface area contributed by atoms with E-state index in [1.807, 2.05) is 6.07 Å². The molecule has 0 fully saturated rings. The second kappa shape index (κ2) is 11.3. The lowest BCUT2D eigenvalue weighted by atomic mass is 9.97. The van der Waals surface area contributed by atoms with Gasteiger partial charge in [-0.2, -0.15) is 0 Å². The minimum atomic E-state index is -4.81. The zero-order chi connectivity index (χ0) is 24.8. The number of rotatable bonds is 9. The molecule has 3 aromatic carbocycles. The summed E-state index contributed by atoms with van der Waals surface area (Å²) in [5.41, 5.74) is 6.21. The van der Waals surface area contributed by atoms with Gasteiger partial charge in [0.1, 0.15) is 0 Å². The van der Waals surface area contributed by atoms with Gasteiger partial charge in [-0.1, -0.05) is 74.4 Å². The van der Waals surface area contributed by atoms with E-state index in [1.54, 1.807) is 0 Å². The third-order valence-corrected chi connectivity index (χ3v) is 6.36. The predicted molar refractivity (Wildman–Crippen MR) is 129 cm³/mol. The lowest BCUT2D eigenvalue weighted by Gasteiger charge is -2.27. The fourth-order valence-electron chi connectivity index (χ4n) is 4.47. The summed E-state index contributed by atoms with van der Waals surface area (Å²) in [7, 11) is 0. The predicted octanol–water partition coefficient (Wildman–Crippen LogP) is 8.20. The largest absolute Gasteiger partial charge is 0.525 e. The van der Waals surface area contributed by atoms with Crippen molar-refractivity contribution in [3.8, 4) is 16.9 Å². The molecule has 186 valence electrons. The Bertz CT molecular complexity index is 1110. The van der Waals surface area contributed by atoms with Crippen LogP contribution < -0.4 is 4.74 Å². The average molecular weight is 487 g/mol. The summed E-state index contributed by atoms with van der Waals surface area (Å²) in [4.78, 5) is 0. The van der Waals surface area contributed by atoms with Crippen molar-refractivity contribution in [2.45, 2.75) is 70.9 Å². The molecule has 1 atom stereocenters. The van der Waals surface area contributed by atoms with Gasteiger partial charge in [0.05, 0.1) is 0 Å². The van der Waals surface area contributed by atoms with Crippen molar-refractivity contribution in [2.24, 2.45) is 0 Å². The van der Waals surface area contributed by atoms with Crippen LogP contribution in [0.3, 0.4) is 0 Å². The highest BCUT2D eigenvalue weighted by Crippen LogP contribution is 2.34. The summed E-state index contributed by atoms with van der Waals surface area (Å²) < 4.78 is 60.9. The van der Waals surface area contributed by atoms with Gasteiger partial charge < -0.3 is 4.74 Å². The maximum absolute atomic E-state index is 14.6. The Morgan fingerprint density at radius 1 is 0.829 bits per heavy atom. The number of alkyl halides is 3. The Balaban J connectivity index is 1.34. The Morgan fingerprint density at radius 3 is 2.03 bits per heavy atom. The van der Waals surface area contributed by atoms with Gasteiger partial charge >= 0.3 is 6.36 Å². The fraction of sp³-hybridized carbons (Fsp3) is 0.379. The second-order valence-corrected chi connectivity index (χ2v) is 9.07. The van der Waals surface area contributed by atoms with Gasteiger partial charge in [0.2, 0.25) is 6.29 Å². The van der Waals surface area contributed by atoms with Gasteiger partial charge in [-0.3, -0.25) is 4.74 Å². The van der Waals surface area contributed by atoms with E-state index in [4.69, 9.17) is 4.74 Å². The van der Waals surface area contributed by atoms with Crippen LogP contribution in [0, 0.1) is 5.82 Å². The number of hydrogen-bond acceptors (Lipinski definition) is 2.